The van der Waals surface area contributed by atoms with Crippen LogP contribution in [0, 0.1) is 0 Å². The second-order valence-electron chi connectivity index (χ2n) is 0.723. The van der Waals surface area contributed by atoms with Gasteiger partial charge in [0, 0.05) is 22.4 Å². The topological polar surface area (TPSA) is 18.5 Å². The van der Waals surface area contributed by atoms with Gasteiger partial charge in [-0.25, -0.2) is 0 Å². The Kier molecular flexibility index (Phi) is 3.32. The van der Waals surface area contributed by atoms with Crippen molar-refractivity contribution < 1.29 is 31.9 Å². The van der Waals surface area contributed by atoms with Crippen LogP contribution in [0.5, 0.6) is 0 Å². The van der Waals surface area contributed by atoms with E-state index in [2.05, 4.69) is 9.47 Å². The molecule has 0 aliphatic carbocycles. The molecule has 0 N–H and O–H groups in total. The summed E-state index contributed by atoms with van der Waals surface area (Å²) in [4.78, 5) is 0. The molecule has 0 bridgehead atoms. The van der Waals surface area contributed by atoms with Gasteiger partial charge < -0.3 is 9.47 Å². The first-order valence-electron chi connectivity index (χ1n) is 1.38. The van der Waals surface area contributed by atoms with Crippen molar-refractivity contribution in [3.63, 3.8) is 0 Å². The van der Waals surface area contributed by atoms with Gasteiger partial charge in [0.2, 0.25) is 6.79 Å². The maximum Gasteiger partial charge on any atom is 0.229 e. The van der Waals surface area contributed by atoms with E-state index in [1.165, 1.54) is 12.5 Å². The van der Waals surface area contributed by atoms with Crippen LogP contribution in [0.1, 0.15) is 0 Å². The molecule has 0 fully saturated rings. The molecule has 6 heavy (non-hydrogen) atoms. The van der Waals surface area contributed by atoms with Gasteiger partial charge in [0.25, 0.3) is 0 Å². The molecule has 1 aliphatic rings. The average Bonchev–Trinajstić information content (AvgIpc) is 1.76. The summed E-state index contributed by atoms with van der Waals surface area (Å²) in [5.74, 6) is 0. The minimum Gasteiger partial charge on any atom is -0.462 e. The maximum atomic E-state index is 4.54. The average molecular weight is 180 g/mol. The van der Waals surface area contributed by atoms with E-state index in [4.69, 9.17) is 0 Å². The zero-order chi connectivity index (χ0) is 3.54. The molecule has 0 saturated heterocycles. The van der Waals surface area contributed by atoms with Gasteiger partial charge in [0.1, 0.15) is 12.5 Å². The van der Waals surface area contributed by atoms with Crippen LogP contribution in [0.15, 0.2) is 12.5 Å². The fourth-order valence-electron chi connectivity index (χ4n) is 0.196. The zero-order valence-electron chi connectivity index (χ0n) is 2.98. The number of hydrogen-bond acceptors (Lipinski definition) is 2. The molecule has 0 saturated carbocycles. The van der Waals surface area contributed by atoms with E-state index < -0.39 is 0 Å². The van der Waals surface area contributed by atoms with Crippen LogP contribution < -0.4 is 0 Å². The van der Waals surface area contributed by atoms with E-state index >= 15 is 0 Å². The molecule has 1 radical (unpaired) electrons. The maximum absolute atomic E-state index is 4.54. The van der Waals surface area contributed by atoms with E-state index in [0.717, 1.165) is 0 Å². The Bertz CT molecular complexity index is 46.8. The van der Waals surface area contributed by atoms with Gasteiger partial charge >= 0.3 is 0 Å². The molecule has 1 heterocycles. The molecule has 0 aromatic heterocycles. The third-order valence-corrected chi connectivity index (χ3v) is 0.384. The normalized spacial score (nSPS) is 14.7. The van der Waals surface area contributed by atoms with E-state index in [1.54, 1.807) is 0 Å². The summed E-state index contributed by atoms with van der Waals surface area (Å²) < 4.78 is 9.08. The molecular weight excluding hydrogens is 176 g/mol. The SMILES string of the molecule is C1=COCO1.[Ag]. The molecule has 0 aromatic carbocycles. The zero-order valence-corrected chi connectivity index (χ0v) is 4.46. The second-order valence-corrected chi connectivity index (χ2v) is 0.723. The van der Waals surface area contributed by atoms with Gasteiger partial charge in [-0.05, 0) is 0 Å². The Labute approximate surface area is 51.6 Å². The summed E-state index contributed by atoms with van der Waals surface area (Å²) in [6.45, 7) is 0.389. The first kappa shape index (κ1) is 6.08. The van der Waals surface area contributed by atoms with Crippen LogP contribution >= 0.6 is 0 Å². The summed E-state index contributed by atoms with van der Waals surface area (Å²) in [5, 5.41) is 0. The summed E-state index contributed by atoms with van der Waals surface area (Å²) in [7, 11) is 0. The minimum atomic E-state index is 0. The van der Waals surface area contributed by atoms with Crippen molar-refractivity contribution in [3.05, 3.63) is 12.5 Å². The number of ether oxygens (including phenoxy) is 2. The quantitative estimate of drug-likeness (QED) is 0.504. The Morgan fingerprint density at radius 1 is 1.17 bits per heavy atom. The van der Waals surface area contributed by atoms with Crippen molar-refractivity contribution >= 4 is 0 Å². The predicted octanol–water partition coefficient (Wildman–Crippen LogP) is 0.459. The third kappa shape index (κ3) is 1.50. The van der Waals surface area contributed by atoms with Crippen molar-refractivity contribution in [2.75, 3.05) is 6.79 Å². The largest absolute Gasteiger partial charge is 0.462 e. The van der Waals surface area contributed by atoms with Gasteiger partial charge in [-0.3, -0.25) is 0 Å². The number of rotatable bonds is 0. The number of hydrogen-bond donors (Lipinski definition) is 0. The monoisotopic (exact) mass is 179 g/mol. The van der Waals surface area contributed by atoms with E-state index in [-0.39, 0.29) is 22.4 Å². The van der Waals surface area contributed by atoms with Crippen LogP contribution in [0.3, 0.4) is 0 Å². The first-order valence-corrected chi connectivity index (χ1v) is 1.38. The molecule has 39 valence electrons. The molecule has 1 rings (SSSR count). The standard InChI is InChI=1S/C3H4O2.Ag/c1-2-5-3-4-1;/h1-2H,3H2;. The van der Waals surface area contributed by atoms with E-state index in [9.17, 15) is 0 Å². The van der Waals surface area contributed by atoms with Gasteiger partial charge in [0.05, 0.1) is 0 Å². The molecule has 0 amide bonds. The molecule has 0 unspecified atom stereocenters. The Morgan fingerprint density at radius 3 is 1.83 bits per heavy atom. The Balaban J connectivity index is 0.000000250. The van der Waals surface area contributed by atoms with Gasteiger partial charge in [-0.2, -0.15) is 0 Å². The van der Waals surface area contributed by atoms with Gasteiger partial charge in [0.15, 0.2) is 0 Å². The van der Waals surface area contributed by atoms with Crippen LogP contribution in [0.25, 0.3) is 0 Å². The fraction of sp³-hybridized carbons (Fsp3) is 0.333. The molecule has 2 nitrogen and oxygen atoms in total. The summed E-state index contributed by atoms with van der Waals surface area (Å²) in [5.41, 5.74) is 0. The fourth-order valence-corrected chi connectivity index (χ4v) is 0.196. The van der Waals surface area contributed by atoms with Crippen molar-refractivity contribution in [1.82, 2.24) is 0 Å². The predicted molar refractivity (Wildman–Crippen MR) is 16.2 cm³/mol. The van der Waals surface area contributed by atoms with Crippen molar-refractivity contribution in [2.24, 2.45) is 0 Å². The molecule has 1 aliphatic heterocycles. The summed E-state index contributed by atoms with van der Waals surface area (Å²) >= 11 is 0. The Hall–Kier alpha value is 0.0803. The van der Waals surface area contributed by atoms with Gasteiger partial charge in [-0.15, -0.1) is 0 Å². The van der Waals surface area contributed by atoms with Crippen LogP contribution in [-0.2, 0) is 31.9 Å². The van der Waals surface area contributed by atoms with Gasteiger partial charge in [-0.1, -0.05) is 0 Å². The summed E-state index contributed by atoms with van der Waals surface area (Å²) in [6.07, 6.45) is 3.03. The van der Waals surface area contributed by atoms with Crippen molar-refractivity contribution in [3.8, 4) is 0 Å². The molecule has 3 heteroatoms. The molecular formula is C3H4AgO2. The molecule has 0 spiro atoms. The minimum absolute atomic E-state index is 0. The van der Waals surface area contributed by atoms with Crippen molar-refractivity contribution in [2.45, 2.75) is 0 Å². The summed E-state index contributed by atoms with van der Waals surface area (Å²) in [6, 6.07) is 0. The van der Waals surface area contributed by atoms with Crippen LogP contribution in [0.2, 0.25) is 0 Å². The van der Waals surface area contributed by atoms with E-state index in [0.29, 0.717) is 6.79 Å². The van der Waals surface area contributed by atoms with Crippen LogP contribution in [0.4, 0.5) is 0 Å². The van der Waals surface area contributed by atoms with E-state index in [1.807, 2.05) is 0 Å². The molecule has 0 atom stereocenters. The Morgan fingerprint density at radius 2 is 1.67 bits per heavy atom. The third-order valence-electron chi connectivity index (χ3n) is 0.384. The second kappa shape index (κ2) is 3.28. The first-order chi connectivity index (χ1) is 2.50. The van der Waals surface area contributed by atoms with Crippen molar-refractivity contribution in [1.29, 1.82) is 0 Å². The van der Waals surface area contributed by atoms with Crippen LogP contribution in [-0.4, -0.2) is 6.79 Å². The smallest absolute Gasteiger partial charge is 0.229 e. The molecule has 0 aromatic rings.